The fraction of sp³-hybridized carbons (Fsp3) is 0.400. The average molecular weight is 260 g/mol. The largest absolute Gasteiger partial charge is 0.481 e. The first-order valence-electron chi connectivity index (χ1n) is 6.40. The third kappa shape index (κ3) is 2.49. The zero-order valence-electron chi connectivity index (χ0n) is 11.6. The Balaban J connectivity index is 2.46. The number of carbonyl (C=O) groups is 1. The van der Waals surface area contributed by atoms with Crippen LogP contribution in [-0.4, -0.2) is 41.6 Å². The summed E-state index contributed by atoms with van der Waals surface area (Å²) in [7, 11) is 3.91. The fourth-order valence-corrected chi connectivity index (χ4v) is 2.33. The third-order valence-corrected chi connectivity index (χ3v) is 3.71. The van der Waals surface area contributed by atoms with Crippen molar-refractivity contribution in [3.05, 3.63) is 36.0 Å². The number of benzene rings is 1. The van der Waals surface area contributed by atoms with Gasteiger partial charge in [0.15, 0.2) is 0 Å². The van der Waals surface area contributed by atoms with E-state index in [2.05, 4.69) is 4.98 Å². The Morgan fingerprint density at radius 1 is 1.37 bits per heavy atom. The zero-order chi connectivity index (χ0) is 14.0. The lowest BCUT2D eigenvalue weighted by atomic mass is 9.79. The molecule has 0 aliphatic heterocycles. The second kappa shape index (κ2) is 5.05. The molecular weight excluding hydrogens is 240 g/mol. The van der Waals surface area contributed by atoms with Gasteiger partial charge < -0.3 is 15.0 Å². The van der Waals surface area contributed by atoms with Crippen LogP contribution in [-0.2, 0) is 10.2 Å². The molecular formula is C15H20N2O2. The van der Waals surface area contributed by atoms with Gasteiger partial charge in [-0.2, -0.15) is 0 Å². The molecule has 0 amide bonds. The van der Waals surface area contributed by atoms with Crippen molar-refractivity contribution in [2.45, 2.75) is 18.8 Å². The normalized spacial score (nSPS) is 14.7. The number of aromatic nitrogens is 1. The Hall–Kier alpha value is -1.81. The minimum absolute atomic E-state index is 0.581. The molecule has 1 heterocycles. The molecule has 0 aliphatic carbocycles. The molecule has 1 atom stereocenters. The highest BCUT2D eigenvalue weighted by molar-refractivity contribution is 5.91. The molecule has 4 nitrogen and oxygen atoms in total. The molecule has 102 valence electrons. The summed E-state index contributed by atoms with van der Waals surface area (Å²) in [5.41, 5.74) is 0.969. The highest BCUT2D eigenvalue weighted by atomic mass is 16.4. The van der Waals surface area contributed by atoms with Crippen LogP contribution in [0.2, 0.25) is 0 Å². The zero-order valence-corrected chi connectivity index (χ0v) is 11.6. The van der Waals surface area contributed by atoms with Gasteiger partial charge in [-0.05, 0) is 45.6 Å². The molecule has 0 saturated carbocycles. The van der Waals surface area contributed by atoms with Crippen LogP contribution >= 0.6 is 0 Å². The average Bonchev–Trinajstić information content (AvgIpc) is 2.80. The molecule has 0 bridgehead atoms. The fourth-order valence-electron chi connectivity index (χ4n) is 2.33. The van der Waals surface area contributed by atoms with Crippen molar-refractivity contribution in [2.24, 2.45) is 0 Å². The molecule has 0 spiro atoms. The lowest BCUT2D eigenvalue weighted by Gasteiger charge is -2.26. The summed E-state index contributed by atoms with van der Waals surface area (Å²) in [5, 5.41) is 10.6. The number of aliphatic carboxylic acids is 1. The van der Waals surface area contributed by atoms with Crippen molar-refractivity contribution in [3.63, 3.8) is 0 Å². The maximum atomic E-state index is 11.7. The standard InChI is InChI=1S/C15H20N2O2/c1-15(14(18)19,8-9-17(2)3)12-10-16-13-7-5-4-6-11(12)13/h4-7,10,16H,8-9H2,1-3H3,(H,18,19). The maximum Gasteiger partial charge on any atom is 0.313 e. The molecule has 0 fully saturated rings. The van der Waals surface area contributed by atoms with Gasteiger partial charge in [-0.15, -0.1) is 0 Å². The number of rotatable bonds is 5. The van der Waals surface area contributed by atoms with Crippen LogP contribution in [0.25, 0.3) is 10.9 Å². The van der Waals surface area contributed by atoms with E-state index in [1.165, 1.54) is 0 Å². The lowest BCUT2D eigenvalue weighted by molar-refractivity contribution is -0.143. The number of hydrogen-bond donors (Lipinski definition) is 2. The third-order valence-electron chi connectivity index (χ3n) is 3.71. The van der Waals surface area contributed by atoms with E-state index in [0.717, 1.165) is 23.0 Å². The van der Waals surface area contributed by atoms with Crippen molar-refractivity contribution >= 4 is 16.9 Å². The molecule has 4 heteroatoms. The predicted molar refractivity (Wildman–Crippen MR) is 76.5 cm³/mol. The van der Waals surface area contributed by atoms with Gasteiger partial charge >= 0.3 is 5.97 Å². The summed E-state index contributed by atoms with van der Waals surface area (Å²) < 4.78 is 0. The highest BCUT2D eigenvalue weighted by Gasteiger charge is 2.36. The number of fused-ring (bicyclic) bond motifs is 1. The van der Waals surface area contributed by atoms with Crippen molar-refractivity contribution < 1.29 is 9.90 Å². The van der Waals surface area contributed by atoms with Gasteiger partial charge in [0, 0.05) is 17.1 Å². The van der Waals surface area contributed by atoms with E-state index >= 15 is 0 Å². The summed E-state index contributed by atoms with van der Waals surface area (Å²) in [6, 6.07) is 7.82. The number of hydrogen-bond acceptors (Lipinski definition) is 2. The van der Waals surface area contributed by atoms with Gasteiger partial charge in [-0.25, -0.2) is 0 Å². The first-order chi connectivity index (χ1) is 8.95. The Morgan fingerprint density at radius 2 is 2.05 bits per heavy atom. The number of carboxylic acid groups (broad SMARTS) is 1. The van der Waals surface area contributed by atoms with Crippen molar-refractivity contribution in [1.29, 1.82) is 0 Å². The van der Waals surface area contributed by atoms with Gasteiger partial charge in [0.25, 0.3) is 0 Å². The predicted octanol–water partition coefficient (Wildman–Crippen LogP) is 2.46. The summed E-state index contributed by atoms with van der Waals surface area (Å²) in [6.45, 7) is 2.54. The van der Waals surface area contributed by atoms with E-state index in [4.69, 9.17) is 0 Å². The Morgan fingerprint density at radius 3 is 2.68 bits per heavy atom. The van der Waals surface area contributed by atoms with Crippen molar-refractivity contribution in [1.82, 2.24) is 9.88 Å². The summed E-state index contributed by atoms with van der Waals surface area (Å²) >= 11 is 0. The van der Waals surface area contributed by atoms with Crippen LogP contribution in [0.3, 0.4) is 0 Å². The van der Waals surface area contributed by atoms with Crippen LogP contribution in [0.5, 0.6) is 0 Å². The van der Waals surface area contributed by atoms with E-state index in [1.54, 1.807) is 6.92 Å². The first-order valence-corrected chi connectivity index (χ1v) is 6.40. The first kappa shape index (κ1) is 13.6. The van der Waals surface area contributed by atoms with E-state index in [9.17, 15) is 9.90 Å². The molecule has 1 aromatic carbocycles. The van der Waals surface area contributed by atoms with Crippen LogP contribution in [0.15, 0.2) is 30.5 Å². The second-order valence-electron chi connectivity index (χ2n) is 5.44. The van der Waals surface area contributed by atoms with Gasteiger partial charge in [0.05, 0.1) is 5.41 Å². The molecule has 2 rings (SSSR count). The second-order valence-corrected chi connectivity index (χ2v) is 5.44. The number of nitrogens with one attached hydrogen (secondary N) is 1. The summed E-state index contributed by atoms with van der Waals surface area (Å²) in [4.78, 5) is 16.9. The SMILES string of the molecule is CN(C)CCC(C)(C(=O)O)c1c[nH]c2ccccc12. The number of H-pyrrole nitrogens is 1. The lowest BCUT2D eigenvalue weighted by Crippen LogP contribution is -2.35. The number of aromatic amines is 1. The molecule has 0 aliphatic rings. The van der Waals surface area contributed by atoms with E-state index in [1.807, 2.05) is 49.5 Å². The van der Waals surface area contributed by atoms with Crippen molar-refractivity contribution in [2.75, 3.05) is 20.6 Å². The molecule has 2 aromatic rings. The molecule has 2 N–H and O–H groups in total. The van der Waals surface area contributed by atoms with Gasteiger partial charge in [0.2, 0.25) is 0 Å². The van der Waals surface area contributed by atoms with Crippen LogP contribution in [0, 0.1) is 0 Å². The Labute approximate surface area is 113 Å². The molecule has 0 radical (unpaired) electrons. The van der Waals surface area contributed by atoms with Gasteiger partial charge in [-0.1, -0.05) is 18.2 Å². The number of carboxylic acids is 1. The van der Waals surface area contributed by atoms with E-state index in [-0.39, 0.29) is 0 Å². The Kier molecular flexibility index (Phi) is 3.62. The maximum absolute atomic E-state index is 11.7. The number of nitrogens with zero attached hydrogens (tertiary/aromatic N) is 1. The Bertz CT molecular complexity index is 589. The van der Waals surface area contributed by atoms with E-state index < -0.39 is 11.4 Å². The minimum Gasteiger partial charge on any atom is -0.481 e. The van der Waals surface area contributed by atoms with Crippen LogP contribution < -0.4 is 0 Å². The molecule has 0 saturated heterocycles. The quantitative estimate of drug-likeness (QED) is 0.868. The molecule has 1 aromatic heterocycles. The smallest absolute Gasteiger partial charge is 0.313 e. The van der Waals surface area contributed by atoms with Crippen LogP contribution in [0.4, 0.5) is 0 Å². The van der Waals surface area contributed by atoms with Gasteiger partial charge in [-0.3, -0.25) is 4.79 Å². The highest BCUT2D eigenvalue weighted by Crippen LogP contribution is 2.33. The van der Waals surface area contributed by atoms with Crippen LogP contribution in [0.1, 0.15) is 18.9 Å². The van der Waals surface area contributed by atoms with Crippen molar-refractivity contribution in [3.8, 4) is 0 Å². The number of para-hydroxylation sites is 1. The van der Waals surface area contributed by atoms with E-state index in [0.29, 0.717) is 6.42 Å². The topological polar surface area (TPSA) is 56.3 Å². The summed E-state index contributed by atoms with van der Waals surface area (Å²) in [5.74, 6) is -0.779. The van der Waals surface area contributed by atoms with Gasteiger partial charge in [0.1, 0.15) is 0 Å². The molecule has 19 heavy (non-hydrogen) atoms. The monoisotopic (exact) mass is 260 g/mol. The molecule has 1 unspecified atom stereocenters. The minimum atomic E-state index is -0.871. The summed E-state index contributed by atoms with van der Waals surface area (Å²) in [6.07, 6.45) is 2.41.